The van der Waals surface area contributed by atoms with Gasteiger partial charge in [-0.3, -0.25) is 4.79 Å². The number of rotatable bonds is 5. The lowest BCUT2D eigenvalue weighted by molar-refractivity contribution is -0.127. The first kappa shape index (κ1) is 12.9. The van der Waals surface area contributed by atoms with Crippen LogP contribution in [0, 0.1) is 6.92 Å². The molecule has 1 amide bonds. The van der Waals surface area contributed by atoms with Gasteiger partial charge >= 0.3 is 0 Å². The lowest BCUT2D eigenvalue weighted by Gasteiger charge is -2.23. The van der Waals surface area contributed by atoms with Crippen LogP contribution < -0.4 is 5.32 Å². The van der Waals surface area contributed by atoms with Crippen LogP contribution in [-0.2, 0) is 4.79 Å². The molecule has 0 spiro atoms. The van der Waals surface area contributed by atoms with Crippen molar-refractivity contribution in [2.75, 3.05) is 25.4 Å². The average Bonchev–Trinajstić information content (AvgIpc) is 2.87. The van der Waals surface area contributed by atoms with Crippen molar-refractivity contribution < 1.29 is 4.79 Å². The molecule has 1 fully saturated rings. The van der Waals surface area contributed by atoms with Gasteiger partial charge in [0.2, 0.25) is 5.91 Å². The molecule has 3 nitrogen and oxygen atoms in total. The highest BCUT2D eigenvalue weighted by Gasteiger charge is 2.33. The maximum Gasteiger partial charge on any atom is 0.233 e. The van der Waals surface area contributed by atoms with Crippen LogP contribution in [0.15, 0.2) is 11.4 Å². The highest BCUT2D eigenvalue weighted by Crippen LogP contribution is 2.41. The number of aryl methyl sites for hydroxylation is 1. The van der Waals surface area contributed by atoms with Crippen LogP contribution in [0.3, 0.4) is 0 Å². The summed E-state index contributed by atoms with van der Waals surface area (Å²) < 4.78 is 0. The number of hydrogen-bond acceptors (Lipinski definition) is 4. The number of nitrogens with one attached hydrogen (secondary N) is 1. The third kappa shape index (κ3) is 2.84. The lowest BCUT2D eigenvalue weighted by atomic mass is 10.2. The van der Waals surface area contributed by atoms with E-state index < -0.39 is 0 Å². The molecule has 17 heavy (non-hydrogen) atoms. The van der Waals surface area contributed by atoms with E-state index in [-0.39, 0.29) is 11.3 Å². The van der Waals surface area contributed by atoms with E-state index >= 15 is 0 Å². The van der Waals surface area contributed by atoms with Gasteiger partial charge in [0.05, 0.1) is 5.75 Å². The zero-order chi connectivity index (χ0) is 12.3. The highest BCUT2D eigenvalue weighted by atomic mass is 32.2. The number of carbonyl (C=O) groups excluding carboxylic acids is 1. The summed E-state index contributed by atoms with van der Waals surface area (Å²) in [4.78, 5) is 15.2. The Kier molecular flexibility index (Phi) is 4.48. The average molecular weight is 270 g/mol. The monoisotopic (exact) mass is 270 g/mol. The Morgan fingerprint density at radius 1 is 1.59 bits per heavy atom. The molecule has 2 heterocycles. The second-order valence-corrected chi connectivity index (χ2v) is 6.09. The van der Waals surface area contributed by atoms with Crippen LogP contribution in [-0.4, -0.2) is 36.2 Å². The van der Waals surface area contributed by atoms with Crippen LogP contribution in [0.4, 0.5) is 0 Å². The summed E-state index contributed by atoms with van der Waals surface area (Å²) in [5.41, 5.74) is 1.30. The Labute approximate surface area is 111 Å². The minimum atomic E-state index is 0.237. The molecule has 1 aromatic heterocycles. The molecule has 2 rings (SSSR count). The Hall–Kier alpha value is -0.520. The molecule has 5 heteroatoms. The van der Waals surface area contributed by atoms with Gasteiger partial charge in [-0.1, -0.05) is 6.92 Å². The van der Waals surface area contributed by atoms with Gasteiger partial charge in [0.1, 0.15) is 5.37 Å². The second kappa shape index (κ2) is 5.89. The van der Waals surface area contributed by atoms with Crippen molar-refractivity contribution in [1.82, 2.24) is 10.2 Å². The lowest BCUT2D eigenvalue weighted by Crippen LogP contribution is -2.34. The van der Waals surface area contributed by atoms with Gasteiger partial charge in [-0.05, 0) is 30.5 Å². The fourth-order valence-corrected chi connectivity index (χ4v) is 4.42. The Balaban J connectivity index is 2.06. The summed E-state index contributed by atoms with van der Waals surface area (Å²) in [5.74, 6) is 0.888. The maximum atomic E-state index is 11.9. The predicted molar refractivity (Wildman–Crippen MR) is 74.5 cm³/mol. The summed E-state index contributed by atoms with van der Waals surface area (Å²) in [6.07, 6.45) is 0. The summed E-state index contributed by atoms with van der Waals surface area (Å²) in [7, 11) is 0. The number of thiophene rings is 1. The molecular formula is C12H18N2OS2. The molecule has 94 valence electrons. The predicted octanol–water partition coefficient (Wildman–Crippen LogP) is 2.24. The fourth-order valence-electron chi connectivity index (χ4n) is 1.93. The van der Waals surface area contributed by atoms with Crippen molar-refractivity contribution in [2.24, 2.45) is 0 Å². The smallest absolute Gasteiger partial charge is 0.233 e. The van der Waals surface area contributed by atoms with Gasteiger partial charge in [0.15, 0.2) is 0 Å². The van der Waals surface area contributed by atoms with Crippen LogP contribution in [0.2, 0.25) is 0 Å². The van der Waals surface area contributed by atoms with E-state index in [1.54, 1.807) is 23.1 Å². The first-order valence-corrected chi connectivity index (χ1v) is 7.82. The second-order valence-electron chi connectivity index (χ2n) is 4.07. The molecule has 0 aliphatic carbocycles. The number of likely N-dealkylation sites (N-methyl/N-ethyl adjacent to an activating group) is 1. The third-order valence-electron chi connectivity index (χ3n) is 2.87. The topological polar surface area (TPSA) is 32.3 Å². The van der Waals surface area contributed by atoms with E-state index in [2.05, 4.69) is 30.6 Å². The minimum Gasteiger partial charge on any atom is -0.324 e. The summed E-state index contributed by atoms with van der Waals surface area (Å²) >= 11 is 3.50. The molecule has 1 aliphatic heterocycles. The Morgan fingerprint density at radius 2 is 2.41 bits per heavy atom. The van der Waals surface area contributed by atoms with Gasteiger partial charge in [0.25, 0.3) is 0 Å². The van der Waals surface area contributed by atoms with Gasteiger partial charge in [-0.15, -0.1) is 23.1 Å². The zero-order valence-electron chi connectivity index (χ0n) is 10.2. The van der Waals surface area contributed by atoms with E-state index in [4.69, 9.17) is 0 Å². The molecule has 1 saturated heterocycles. The van der Waals surface area contributed by atoms with Crippen LogP contribution in [0.5, 0.6) is 0 Å². The molecule has 1 atom stereocenters. The standard InChI is InChI=1S/C12H18N2OS2/c1-3-13-5-6-14-10(15)8-17-12(14)11-9(2)4-7-16-11/h4,7,12-13H,3,5-6,8H2,1-2H3. The Morgan fingerprint density at radius 3 is 3.06 bits per heavy atom. The van der Waals surface area contributed by atoms with Crippen molar-refractivity contribution >= 4 is 29.0 Å². The summed E-state index contributed by atoms with van der Waals surface area (Å²) in [6, 6.07) is 2.13. The van der Waals surface area contributed by atoms with Crippen LogP contribution in [0.25, 0.3) is 0 Å². The number of carbonyl (C=O) groups is 1. The number of hydrogen-bond donors (Lipinski definition) is 1. The van der Waals surface area contributed by atoms with Crippen molar-refractivity contribution in [3.8, 4) is 0 Å². The SMILES string of the molecule is CCNCCN1C(=O)CSC1c1sccc1C. The molecule has 1 aromatic rings. The first-order valence-electron chi connectivity index (χ1n) is 5.89. The summed E-state index contributed by atoms with van der Waals surface area (Å²) in [5, 5.41) is 5.62. The van der Waals surface area contributed by atoms with Gasteiger partial charge in [-0.2, -0.15) is 0 Å². The van der Waals surface area contributed by atoms with Crippen molar-refractivity contribution in [3.63, 3.8) is 0 Å². The van der Waals surface area contributed by atoms with Crippen molar-refractivity contribution in [2.45, 2.75) is 19.2 Å². The molecule has 0 radical (unpaired) electrons. The summed E-state index contributed by atoms with van der Waals surface area (Å²) in [6.45, 7) is 6.85. The molecule has 0 aromatic carbocycles. The molecule has 0 bridgehead atoms. The van der Waals surface area contributed by atoms with Crippen molar-refractivity contribution in [3.05, 3.63) is 21.9 Å². The Bertz CT molecular complexity index is 392. The number of thioether (sulfide) groups is 1. The van der Waals surface area contributed by atoms with Gasteiger partial charge in [-0.25, -0.2) is 0 Å². The number of amides is 1. The van der Waals surface area contributed by atoms with E-state index in [0.717, 1.165) is 19.6 Å². The van der Waals surface area contributed by atoms with Crippen molar-refractivity contribution in [1.29, 1.82) is 0 Å². The molecule has 1 N–H and O–H groups in total. The first-order chi connectivity index (χ1) is 8.24. The fraction of sp³-hybridized carbons (Fsp3) is 0.583. The third-order valence-corrected chi connectivity index (χ3v) is 5.31. The largest absolute Gasteiger partial charge is 0.324 e. The van der Waals surface area contributed by atoms with Gasteiger partial charge in [0, 0.05) is 18.0 Å². The molecule has 1 aliphatic rings. The van der Waals surface area contributed by atoms with Gasteiger partial charge < -0.3 is 10.2 Å². The number of nitrogens with zero attached hydrogens (tertiary/aromatic N) is 1. The van der Waals surface area contributed by atoms with Crippen LogP contribution in [0.1, 0.15) is 22.7 Å². The van der Waals surface area contributed by atoms with E-state index in [9.17, 15) is 4.79 Å². The molecular weight excluding hydrogens is 252 g/mol. The normalized spacial score (nSPS) is 20.2. The maximum absolute atomic E-state index is 11.9. The van der Waals surface area contributed by atoms with E-state index in [1.165, 1.54) is 10.4 Å². The molecule has 0 saturated carbocycles. The van der Waals surface area contributed by atoms with E-state index in [1.807, 2.05) is 4.90 Å². The van der Waals surface area contributed by atoms with Crippen LogP contribution >= 0.6 is 23.1 Å². The highest BCUT2D eigenvalue weighted by molar-refractivity contribution is 8.00. The van der Waals surface area contributed by atoms with E-state index in [0.29, 0.717) is 5.75 Å². The minimum absolute atomic E-state index is 0.237. The zero-order valence-corrected chi connectivity index (χ0v) is 11.9. The quantitative estimate of drug-likeness (QED) is 0.833. The molecule has 1 unspecified atom stereocenters.